The Kier molecular flexibility index (Phi) is 7.39. The molecule has 0 aliphatic heterocycles. The lowest BCUT2D eigenvalue weighted by atomic mass is 10.3. The third kappa shape index (κ3) is 7.59. The minimum Gasteiger partial charge on any atom is -0.338 e. The molecule has 1 atom stereocenters. The number of amides is 2. The maximum Gasteiger partial charge on any atom is 0.314 e. The number of carbonyl (C=O) groups is 1. The lowest BCUT2D eigenvalue weighted by Gasteiger charge is -2.11. The Hall–Kier alpha value is -0.770. The van der Waals surface area contributed by atoms with Crippen LogP contribution in [0.2, 0.25) is 0 Å². The molecule has 0 spiro atoms. The van der Waals surface area contributed by atoms with E-state index in [1.54, 1.807) is 0 Å². The second-order valence-electron chi connectivity index (χ2n) is 3.18. The van der Waals surface area contributed by atoms with Gasteiger partial charge in [0.1, 0.15) is 0 Å². The standard InChI is InChI=1S/C9H21N3O/c1-4-5-6-11-9(13)12-7-8(2)10-3/h8,10H,4-7H2,1-3H3,(H2,11,12,13). The molecule has 0 heterocycles. The van der Waals surface area contributed by atoms with Gasteiger partial charge in [-0.1, -0.05) is 13.3 Å². The van der Waals surface area contributed by atoms with Crippen molar-refractivity contribution >= 4 is 6.03 Å². The third-order valence-corrected chi connectivity index (χ3v) is 1.88. The second-order valence-corrected chi connectivity index (χ2v) is 3.18. The molecule has 0 fully saturated rings. The first-order valence-electron chi connectivity index (χ1n) is 4.89. The summed E-state index contributed by atoms with van der Waals surface area (Å²) < 4.78 is 0. The molecule has 2 amide bonds. The van der Waals surface area contributed by atoms with Crippen LogP contribution in [0.15, 0.2) is 0 Å². The van der Waals surface area contributed by atoms with Crippen LogP contribution in [0.25, 0.3) is 0 Å². The maximum absolute atomic E-state index is 11.1. The third-order valence-electron chi connectivity index (χ3n) is 1.88. The van der Waals surface area contributed by atoms with Crippen molar-refractivity contribution in [1.82, 2.24) is 16.0 Å². The molecule has 0 saturated carbocycles. The summed E-state index contributed by atoms with van der Waals surface area (Å²) in [5, 5.41) is 8.61. The predicted molar refractivity (Wildman–Crippen MR) is 54.8 cm³/mol. The van der Waals surface area contributed by atoms with Gasteiger partial charge in [-0.05, 0) is 20.4 Å². The van der Waals surface area contributed by atoms with Crippen molar-refractivity contribution < 1.29 is 4.79 Å². The van der Waals surface area contributed by atoms with E-state index in [4.69, 9.17) is 0 Å². The van der Waals surface area contributed by atoms with E-state index in [1.807, 2.05) is 14.0 Å². The van der Waals surface area contributed by atoms with Gasteiger partial charge in [-0.3, -0.25) is 0 Å². The van der Waals surface area contributed by atoms with Crippen molar-refractivity contribution in [1.29, 1.82) is 0 Å². The molecule has 13 heavy (non-hydrogen) atoms. The number of hydrogen-bond acceptors (Lipinski definition) is 2. The van der Waals surface area contributed by atoms with Crippen LogP contribution in [0.3, 0.4) is 0 Å². The Morgan fingerprint density at radius 3 is 2.62 bits per heavy atom. The van der Waals surface area contributed by atoms with Crippen LogP contribution < -0.4 is 16.0 Å². The molecule has 4 nitrogen and oxygen atoms in total. The summed E-state index contributed by atoms with van der Waals surface area (Å²) in [6, 6.07) is 0.243. The minimum absolute atomic E-state index is 0.0736. The monoisotopic (exact) mass is 187 g/mol. The molecule has 3 N–H and O–H groups in total. The zero-order chi connectivity index (χ0) is 10.1. The fourth-order valence-electron chi connectivity index (χ4n) is 0.789. The van der Waals surface area contributed by atoms with E-state index in [1.165, 1.54) is 0 Å². The van der Waals surface area contributed by atoms with Gasteiger partial charge in [0.15, 0.2) is 0 Å². The SMILES string of the molecule is CCCCNC(=O)NCC(C)NC. The molecule has 1 unspecified atom stereocenters. The Bertz CT molecular complexity index is 139. The number of likely N-dealkylation sites (N-methyl/N-ethyl adjacent to an activating group) is 1. The number of carbonyl (C=O) groups excluding carboxylic acids is 1. The van der Waals surface area contributed by atoms with Gasteiger partial charge in [0.25, 0.3) is 0 Å². The fraction of sp³-hybridized carbons (Fsp3) is 0.889. The topological polar surface area (TPSA) is 53.2 Å². The zero-order valence-electron chi connectivity index (χ0n) is 8.81. The Labute approximate surface area is 80.5 Å². The number of hydrogen-bond donors (Lipinski definition) is 3. The first-order valence-corrected chi connectivity index (χ1v) is 4.89. The molecule has 4 heteroatoms. The molecule has 0 saturated heterocycles. The lowest BCUT2D eigenvalue weighted by Crippen LogP contribution is -2.42. The van der Waals surface area contributed by atoms with Gasteiger partial charge in [-0.25, -0.2) is 4.79 Å². The number of urea groups is 1. The van der Waals surface area contributed by atoms with Crippen LogP contribution in [0.4, 0.5) is 4.79 Å². The molecule has 0 rings (SSSR count). The van der Waals surface area contributed by atoms with Gasteiger partial charge >= 0.3 is 6.03 Å². The smallest absolute Gasteiger partial charge is 0.314 e. The average molecular weight is 187 g/mol. The Morgan fingerprint density at radius 1 is 1.38 bits per heavy atom. The van der Waals surface area contributed by atoms with Crippen molar-refractivity contribution in [2.24, 2.45) is 0 Å². The van der Waals surface area contributed by atoms with E-state index >= 15 is 0 Å². The quantitative estimate of drug-likeness (QED) is 0.536. The highest BCUT2D eigenvalue weighted by Gasteiger charge is 2.01. The molecule has 0 bridgehead atoms. The molecule has 78 valence electrons. The molecule has 0 aliphatic carbocycles. The molecule has 0 radical (unpaired) electrons. The largest absolute Gasteiger partial charge is 0.338 e. The van der Waals surface area contributed by atoms with E-state index in [2.05, 4.69) is 22.9 Å². The van der Waals surface area contributed by atoms with Crippen LogP contribution in [0, 0.1) is 0 Å². The average Bonchev–Trinajstić information content (AvgIpc) is 2.14. The first kappa shape index (κ1) is 12.2. The van der Waals surface area contributed by atoms with Crippen molar-refractivity contribution in [2.45, 2.75) is 32.7 Å². The molecule has 0 aromatic rings. The first-order chi connectivity index (χ1) is 6.20. The van der Waals surface area contributed by atoms with E-state index in [0.717, 1.165) is 19.4 Å². The van der Waals surface area contributed by atoms with E-state index in [0.29, 0.717) is 12.6 Å². The minimum atomic E-state index is -0.0736. The van der Waals surface area contributed by atoms with Gasteiger partial charge in [0.05, 0.1) is 0 Å². The molecular formula is C9H21N3O. The van der Waals surface area contributed by atoms with Crippen LogP contribution in [-0.4, -0.2) is 32.2 Å². The summed E-state index contributed by atoms with van der Waals surface area (Å²) in [6.45, 7) is 5.54. The number of rotatable bonds is 6. The van der Waals surface area contributed by atoms with Gasteiger partial charge in [-0.15, -0.1) is 0 Å². The van der Waals surface area contributed by atoms with E-state index in [-0.39, 0.29) is 6.03 Å². The van der Waals surface area contributed by atoms with E-state index in [9.17, 15) is 4.79 Å². The number of unbranched alkanes of at least 4 members (excludes halogenated alkanes) is 1. The lowest BCUT2D eigenvalue weighted by molar-refractivity contribution is 0.240. The van der Waals surface area contributed by atoms with Crippen molar-refractivity contribution in [2.75, 3.05) is 20.1 Å². The van der Waals surface area contributed by atoms with Gasteiger partial charge in [0, 0.05) is 19.1 Å². The summed E-state index contributed by atoms with van der Waals surface area (Å²) in [4.78, 5) is 11.1. The highest BCUT2D eigenvalue weighted by molar-refractivity contribution is 5.73. The zero-order valence-corrected chi connectivity index (χ0v) is 8.81. The Balaban J connectivity index is 3.30. The predicted octanol–water partition coefficient (Wildman–Crippen LogP) is 0.694. The molecule has 0 aromatic carbocycles. The summed E-state index contributed by atoms with van der Waals surface area (Å²) in [5.74, 6) is 0. The highest BCUT2D eigenvalue weighted by Crippen LogP contribution is 1.82. The van der Waals surface area contributed by atoms with Crippen molar-refractivity contribution in [3.8, 4) is 0 Å². The fourth-order valence-corrected chi connectivity index (χ4v) is 0.789. The highest BCUT2D eigenvalue weighted by atomic mass is 16.2. The Morgan fingerprint density at radius 2 is 2.08 bits per heavy atom. The summed E-state index contributed by atoms with van der Waals surface area (Å²) in [6.07, 6.45) is 2.14. The van der Waals surface area contributed by atoms with Crippen molar-refractivity contribution in [3.05, 3.63) is 0 Å². The second kappa shape index (κ2) is 7.86. The molecule has 0 aromatic heterocycles. The van der Waals surface area contributed by atoms with Gasteiger partial charge < -0.3 is 16.0 Å². The van der Waals surface area contributed by atoms with Crippen LogP contribution >= 0.6 is 0 Å². The van der Waals surface area contributed by atoms with Crippen LogP contribution in [-0.2, 0) is 0 Å². The normalized spacial score (nSPS) is 12.2. The number of nitrogens with one attached hydrogen (secondary N) is 3. The van der Waals surface area contributed by atoms with Gasteiger partial charge in [0.2, 0.25) is 0 Å². The van der Waals surface area contributed by atoms with E-state index < -0.39 is 0 Å². The summed E-state index contributed by atoms with van der Waals surface area (Å²) in [5.41, 5.74) is 0. The molecular weight excluding hydrogens is 166 g/mol. The summed E-state index contributed by atoms with van der Waals surface area (Å²) >= 11 is 0. The van der Waals surface area contributed by atoms with Crippen LogP contribution in [0.5, 0.6) is 0 Å². The maximum atomic E-state index is 11.1. The van der Waals surface area contributed by atoms with Crippen molar-refractivity contribution in [3.63, 3.8) is 0 Å². The summed E-state index contributed by atoms with van der Waals surface area (Å²) in [7, 11) is 1.88. The van der Waals surface area contributed by atoms with Gasteiger partial charge in [-0.2, -0.15) is 0 Å². The molecule has 0 aliphatic rings. The van der Waals surface area contributed by atoms with Crippen LogP contribution in [0.1, 0.15) is 26.7 Å².